The molecule has 1 aromatic rings. The van der Waals surface area contributed by atoms with Gasteiger partial charge in [-0.3, -0.25) is 4.79 Å². The number of alkyl halides is 1. The average molecular weight is 262 g/mol. The molecule has 0 heterocycles. The van der Waals surface area contributed by atoms with E-state index in [2.05, 4.69) is 15.9 Å². The summed E-state index contributed by atoms with van der Waals surface area (Å²) in [5, 5.41) is 0.516. The predicted molar refractivity (Wildman–Crippen MR) is 58.9 cm³/mol. The summed E-state index contributed by atoms with van der Waals surface area (Å²) in [4.78, 5) is 11.4. The molecule has 1 atom stereocenters. The summed E-state index contributed by atoms with van der Waals surface area (Å²) >= 11 is 9.12. The number of carbonyl (C=O) groups is 1. The van der Waals surface area contributed by atoms with Gasteiger partial charge in [-0.1, -0.05) is 39.2 Å². The van der Waals surface area contributed by atoms with Gasteiger partial charge in [0.15, 0.2) is 5.78 Å². The zero-order valence-corrected chi connectivity index (χ0v) is 9.82. The molecule has 0 saturated heterocycles. The summed E-state index contributed by atoms with van der Waals surface area (Å²) in [5.41, 5.74) is 1.63. The molecule has 0 amide bonds. The van der Waals surface area contributed by atoms with Gasteiger partial charge < -0.3 is 0 Å². The number of halogens is 2. The van der Waals surface area contributed by atoms with E-state index < -0.39 is 0 Å². The maximum atomic E-state index is 11.6. The maximum absolute atomic E-state index is 11.6. The highest BCUT2D eigenvalue weighted by atomic mass is 79.9. The lowest BCUT2D eigenvalue weighted by Gasteiger charge is -2.05. The van der Waals surface area contributed by atoms with Crippen molar-refractivity contribution in [2.75, 3.05) is 0 Å². The molecular formula is C10H10BrClO. The minimum absolute atomic E-state index is 0.0219. The number of rotatable bonds is 2. The first-order valence-corrected chi connectivity index (χ1v) is 5.26. The van der Waals surface area contributed by atoms with Crippen molar-refractivity contribution in [3.63, 3.8) is 0 Å². The third-order valence-corrected chi connectivity index (χ3v) is 2.49. The quantitative estimate of drug-likeness (QED) is 0.587. The van der Waals surface area contributed by atoms with Crippen molar-refractivity contribution in [2.45, 2.75) is 18.7 Å². The maximum Gasteiger partial charge on any atom is 0.177 e. The molecule has 0 spiro atoms. The number of ketones is 1. The zero-order chi connectivity index (χ0) is 10.0. The van der Waals surface area contributed by atoms with Crippen molar-refractivity contribution in [1.29, 1.82) is 0 Å². The molecule has 0 saturated carbocycles. The van der Waals surface area contributed by atoms with Crippen LogP contribution in [0.4, 0.5) is 0 Å². The second kappa shape index (κ2) is 4.25. The van der Waals surface area contributed by atoms with Crippen LogP contribution in [0.25, 0.3) is 0 Å². The number of aryl methyl sites for hydroxylation is 1. The Bertz CT molecular complexity index is 334. The molecule has 0 aliphatic carbocycles. The van der Waals surface area contributed by atoms with E-state index >= 15 is 0 Å². The van der Waals surface area contributed by atoms with Crippen LogP contribution in [-0.2, 0) is 0 Å². The van der Waals surface area contributed by atoms with Gasteiger partial charge in [0.1, 0.15) is 0 Å². The Hall–Kier alpha value is -0.340. The summed E-state index contributed by atoms with van der Waals surface area (Å²) in [6.07, 6.45) is 0. The number of Topliss-reactive ketones (excluding diaryl/α,β-unsaturated/α-hetero) is 1. The summed E-state index contributed by atoms with van der Waals surface area (Å²) in [7, 11) is 0. The standard InChI is InChI=1S/C10H10BrClO/c1-6-3-4-9(12)8(5-6)10(13)7(2)11/h3-5,7H,1-2H3. The Morgan fingerprint density at radius 2 is 2.15 bits per heavy atom. The molecule has 1 rings (SSSR count). The molecule has 0 bridgehead atoms. The molecule has 1 nitrogen and oxygen atoms in total. The van der Waals surface area contributed by atoms with Gasteiger partial charge >= 0.3 is 0 Å². The molecule has 0 aliphatic heterocycles. The Labute approximate surface area is 91.2 Å². The van der Waals surface area contributed by atoms with Crippen molar-refractivity contribution in [2.24, 2.45) is 0 Å². The van der Waals surface area contributed by atoms with Crippen LogP contribution >= 0.6 is 27.5 Å². The number of benzene rings is 1. The molecule has 13 heavy (non-hydrogen) atoms. The topological polar surface area (TPSA) is 17.1 Å². The van der Waals surface area contributed by atoms with E-state index in [-0.39, 0.29) is 10.6 Å². The van der Waals surface area contributed by atoms with Crippen molar-refractivity contribution in [1.82, 2.24) is 0 Å². The SMILES string of the molecule is Cc1ccc(Cl)c(C(=O)C(C)Br)c1. The van der Waals surface area contributed by atoms with Gasteiger partial charge in [-0.2, -0.15) is 0 Å². The lowest BCUT2D eigenvalue weighted by atomic mass is 10.1. The van der Waals surface area contributed by atoms with Gasteiger partial charge in [-0.25, -0.2) is 0 Å². The Balaban J connectivity index is 3.13. The van der Waals surface area contributed by atoms with Crippen molar-refractivity contribution in [3.8, 4) is 0 Å². The van der Waals surface area contributed by atoms with Crippen molar-refractivity contribution in [3.05, 3.63) is 34.3 Å². The van der Waals surface area contributed by atoms with Crippen LogP contribution in [0.5, 0.6) is 0 Å². The van der Waals surface area contributed by atoms with E-state index in [0.29, 0.717) is 10.6 Å². The smallest absolute Gasteiger partial charge is 0.177 e. The number of hydrogen-bond acceptors (Lipinski definition) is 1. The fraction of sp³-hybridized carbons (Fsp3) is 0.300. The van der Waals surface area contributed by atoms with Gasteiger partial charge in [0.25, 0.3) is 0 Å². The minimum Gasteiger partial charge on any atom is -0.293 e. The summed E-state index contributed by atoms with van der Waals surface area (Å²) < 4.78 is 0. The summed E-state index contributed by atoms with van der Waals surface area (Å²) in [5.74, 6) is 0.0219. The Kier molecular flexibility index (Phi) is 3.51. The molecule has 0 aliphatic rings. The van der Waals surface area contributed by atoms with E-state index in [9.17, 15) is 4.79 Å². The van der Waals surface area contributed by atoms with E-state index in [1.165, 1.54) is 0 Å². The fourth-order valence-electron chi connectivity index (χ4n) is 1.04. The number of carbonyl (C=O) groups excluding carboxylic acids is 1. The van der Waals surface area contributed by atoms with Gasteiger partial charge in [0.2, 0.25) is 0 Å². The average Bonchev–Trinajstić information content (AvgIpc) is 2.08. The van der Waals surface area contributed by atoms with E-state index in [0.717, 1.165) is 5.56 Å². The molecule has 0 N–H and O–H groups in total. The lowest BCUT2D eigenvalue weighted by Crippen LogP contribution is -2.10. The van der Waals surface area contributed by atoms with Gasteiger partial charge in [0.05, 0.1) is 9.85 Å². The Morgan fingerprint density at radius 1 is 1.54 bits per heavy atom. The summed E-state index contributed by atoms with van der Waals surface area (Å²) in [6.45, 7) is 3.73. The van der Waals surface area contributed by atoms with Crippen LogP contribution in [0.3, 0.4) is 0 Å². The molecule has 70 valence electrons. The second-order valence-electron chi connectivity index (χ2n) is 2.96. The molecule has 0 fully saturated rings. The molecule has 0 aromatic heterocycles. The highest BCUT2D eigenvalue weighted by Crippen LogP contribution is 2.20. The van der Waals surface area contributed by atoms with E-state index in [1.54, 1.807) is 13.0 Å². The normalized spacial score (nSPS) is 12.6. The third-order valence-electron chi connectivity index (χ3n) is 1.75. The van der Waals surface area contributed by atoms with Crippen LogP contribution in [0, 0.1) is 6.92 Å². The first-order chi connectivity index (χ1) is 6.02. The monoisotopic (exact) mass is 260 g/mol. The van der Waals surface area contributed by atoms with Crippen LogP contribution in [0.1, 0.15) is 22.8 Å². The first-order valence-electron chi connectivity index (χ1n) is 3.97. The third kappa shape index (κ3) is 2.55. The molecule has 3 heteroatoms. The largest absolute Gasteiger partial charge is 0.293 e. The highest BCUT2D eigenvalue weighted by Gasteiger charge is 2.14. The van der Waals surface area contributed by atoms with Gasteiger partial charge in [-0.15, -0.1) is 0 Å². The zero-order valence-electron chi connectivity index (χ0n) is 7.47. The molecule has 0 radical (unpaired) electrons. The minimum atomic E-state index is -0.188. The second-order valence-corrected chi connectivity index (χ2v) is 4.74. The van der Waals surface area contributed by atoms with Crippen molar-refractivity contribution >= 4 is 33.3 Å². The van der Waals surface area contributed by atoms with Crippen LogP contribution in [0.2, 0.25) is 5.02 Å². The number of hydrogen-bond donors (Lipinski definition) is 0. The Morgan fingerprint density at radius 3 is 2.69 bits per heavy atom. The molecule has 1 aromatic carbocycles. The summed E-state index contributed by atoms with van der Waals surface area (Å²) in [6, 6.07) is 5.44. The fourth-order valence-corrected chi connectivity index (χ4v) is 1.50. The van der Waals surface area contributed by atoms with Crippen LogP contribution in [-0.4, -0.2) is 10.6 Å². The highest BCUT2D eigenvalue weighted by molar-refractivity contribution is 9.10. The van der Waals surface area contributed by atoms with E-state index in [4.69, 9.17) is 11.6 Å². The van der Waals surface area contributed by atoms with Crippen molar-refractivity contribution < 1.29 is 4.79 Å². The molecule has 1 unspecified atom stereocenters. The lowest BCUT2D eigenvalue weighted by molar-refractivity contribution is 0.0996. The predicted octanol–water partition coefficient (Wildman–Crippen LogP) is 3.61. The first kappa shape index (κ1) is 10.7. The van der Waals surface area contributed by atoms with Gasteiger partial charge in [0, 0.05) is 5.56 Å². The van der Waals surface area contributed by atoms with Crippen LogP contribution < -0.4 is 0 Å². The van der Waals surface area contributed by atoms with Crippen LogP contribution in [0.15, 0.2) is 18.2 Å². The van der Waals surface area contributed by atoms with E-state index in [1.807, 2.05) is 19.1 Å². The van der Waals surface area contributed by atoms with Gasteiger partial charge in [-0.05, 0) is 26.0 Å². The molecular weight excluding hydrogens is 251 g/mol.